The van der Waals surface area contributed by atoms with E-state index in [0.717, 1.165) is 29.6 Å². The first-order valence-corrected chi connectivity index (χ1v) is 9.81. The summed E-state index contributed by atoms with van der Waals surface area (Å²) in [6.07, 6.45) is 0.810. The van der Waals surface area contributed by atoms with Crippen molar-refractivity contribution < 1.29 is 4.79 Å². The summed E-state index contributed by atoms with van der Waals surface area (Å²) in [4.78, 5) is 21.1. The number of aryl methyl sites for hydroxylation is 1. The SMILES string of the molecule is CCNC(=NCCc1csc(C)n1)NCCNC(=O)c1ccccc1Cl.I. The molecule has 0 atom stereocenters. The van der Waals surface area contributed by atoms with Gasteiger partial charge in [-0.05, 0) is 26.0 Å². The number of nitrogens with one attached hydrogen (secondary N) is 3. The molecule has 1 amide bonds. The first kappa shape index (κ1) is 23.6. The van der Waals surface area contributed by atoms with Crippen LogP contribution in [-0.2, 0) is 6.42 Å². The molecule has 0 aliphatic rings. The van der Waals surface area contributed by atoms with Gasteiger partial charge in [0.15, 0.2) is 5.96 Å². The van der Waals surface area contributed by atoms with Crippen molar-refractivity contribution in [2.24, 2.45) is 4.99 Å². The van der Waals surface area contributed by atoms with E-state index >= 15 is 0 Å². The summed E-state index contributed by atoms with van der Waals surface area (Å²) in [5.74, 6) is 0.546. The standard InChI is InChI=1S/C18H24ClN5OS.HI/c1-3-20-18(22-9-8-14-12-26-13(2)24-14)23-11-10-21-17(25)15-6-4-5-7-16(15)19;/h4-7,12H,3,8-11H2,1-2H3,(H,21,25)(H2,20,22,23);1H. The van der Waals surface area contributed by atoms with Gasteiger partial charge in [0.2, 0.25) is 0 Å². The van der Waals surface area contributed by atoms with Crippen molar-refractivity contribution in [1.82, 2.24) is 20.9 Å². The number of rotatable bonds is 8. The van der Waals surface area contributed by atoms with Gasteiger partial charge < -0.3 is 16.0 Å². The molecule has 0 saturated carbocycles. The van der Waals surface area contributed by atoms with Crippen molar-refractivity contribution >= 4 is 58.8 Å². The smallest absolute Gasteiger partial charge is 0.252 e. The minimum atomic E-state index is -0.182. The number of nitrogens with zero attached hydrogens (tertiary/aromatic N) is 2. The van der Waals surface area contributed by atoms with E-state index in [2.05, 4.69) is 31.3 Å². The van der Waals surface area contributed by atoms with Gasteiger partial charge in [-0.3, -0.25) is 9.79 Å². The maximum absolute atomic E-state index is 12.1. The molecule has 1 aromatic carbocycles. The van der Waals surface area contributed by atoms with E-state index in [9.17, 15) is 4.79 Å². The van der Waals surface area contributed by atoms with Crippen LogP contribution in [-0.4, -0.2) is 43.0 Å². The van der Waals surface area contributed by atoms with Gasteiger partial charge in [-0.1, -0.05) is 23.7 Å². The lowest BCUT2D eigenvalue weighted by atomic mass is 10.2. The van der Waals surface area contributed by atoms with Crippen LogP contribution in [0.15, 0.2) is 34.6 Å². The summed E-state index contributed by atoms with van der Waals surface area (Å²) >= 11 is 7.67. The highest BCUT2D eigenvalue weighted by Gasteiger charge is 2.08. The summed E-state index contributed by atoms with van der Waals surface area (Å²) in [5.41, 5.74) is 1.55. The van der Waals surface area contributed by atoms with Gasteiger partial charge in [0.25, 0.3) is 5.91 Å². The molecule has 0 bridgehead atoms. The molecular weight excluding hydrogens is 497 g/mol. The van der Waals surface area contributed by atoms with Crippen molar-refractivity contribution in [3.05, 3.63) is 50.9 Å². The third-order valence-electron chi connectivity index (χ3n) is 3.47. The molecule has 0 spiro atoms. The van der Waals surface area contributed by atoms with Crippen LogP contribution in [0.25, 0.3) is 0 Å². The first-order chi connectivity index (χ1) is 12.6. The Bertz CT molecular complexity index is 753. The Balaban J connectivity index is 0.00000364. The van der Waals surface area contributed by atoms with E-state index in [1.165, 1.54) is 0 Å². The third kappa shape index (κ3) is 8.44. The second-order valence-electron chi connectivity index (χ2n) is 5.53. The van der Waals surface area contributed by atoms with Crippen LogP contribution in [0.1, 0.15) is 28.0 Å². The fourth-order valence-electron chi connectivity index (χ4n) is 2.24. The number of guanidine groups is 1. The van der Waals surface area contributed by atoms with Crippen molar-refractivity contribution in [2.45, 2.75) is 20.3 Å². The maximum Gasteiger partial charge on any atom is 0.252 e. The molecule has 0 aliphatic carbocycles. The number of halogens is 2. The van der Waals surface area contributed by atoms with Gasteiger partial charge in [0.05, 0.1) is 21.3 Å². The number of aliphatic imine (C=N–C) groups is 1. The number of benzene rings is 1. The summed E-state index contributed by atoms with van der Waals surface area (Å²) in [7, 11) is 0. The number of amides is 1. The molecule has 0 radical (unpaired) electrons. The molecule has 1 aromatic heterocycles. The third-order valence-corrected chi connectivity index (χ3v) is 4.62. The highest BCUT2D eigenvalue weighted by Crippen LogP contribution is 2.14. The van der Waals surface area contributed by atoms with Crippen molar-refractivity contribution in [1.29, 1.82) is 0 Å². The molecule has 0 unspecified atom stereocenters. The predicted octanol–water partition coefficient (Wildman–Crippen LogP) is 3.25. The molecule has 0 saturated heterocycles. The van der Waals surface area contributed by atoms with E-state index in [4.69, 9.17) is 11.6 Å². The van der Waals surface area contributed by atoms with E-state index in [1.54, 1.807) is 35.6 Å². The van der Waals surface area contributed by atoms with Crippen LogP contribution < -0.4 is 16.0 Å². The molecule has 0 aliphatic heterocycles. The molecule has 0 fully saturated rings. The summed E-state index contributed by atoms with van der Waals surface area (Å²) in [6, 6.07) is 7.00. The highest BCUT2D eigenvalue weighted by atomic mass is 127. The Kier molecular flexibility index (Phi) is 11.3. The zero-order valence-corrected chi connectivity index (χ0v) is 19.3. The number of carbonyl (C=O) groups excluding carboxylic acids is 1. The molecular formula is C18H25ClIN5OS. The fraction of sp³-hybridized carbons (Fsp3) is 0.389. The molecule has 2 aromatic rings. The van der Waals surface area contributed by atoms with Crippen molar-refractivity contribution in [2.75, 3.05) is 26.2 Å². The van der Waals surface area contributed by atoms with Gasteiger partial charge in [-0.15, -0.1) is 35.3 Å². The first-order valence-electron chi connectivity index (χ1n) is 8.56. The zero-order valence-electron chi connectivity index (χ0n) is 15.4. The average Bonchev–Trinajstić information content (AvgIpc) is 3.04. The van der Waals surface area contributed by atoms with Gasteiger partial charge in [0, 0.05) is 38.0 Å². The van der Waals surface area contributed by atoms with Gasteiger partial charge in [-0.2, -0.15) is 0 Å². The molecule has 27 heavy (non-hydrogen) atoms. The van der Waals surface area contributed by atoms with Crippen LogP contribution in [0.2, 0.25) is 5.02 Å². The molecule has 1 heterocycles. The van der Waals surface area contributed by atoms with E-state index in [0.29, 0.717) is 30.2 Å². The Morgan fingerprint density at radius 2 is 1.96 bits per heavy atom. The van der Waals surface area contributed by atoms with Crippen LogP contribution >= 0.6 is 46.9 Å². The Morgan fingerprint density at radius 3 is 2.63 bits per heavy atom. The van der Waals surface area contributed by atoms with Crippen LogP contribution in [0.5, 0.6) is 0 Å². The van der Waals surface area contributed by atoms with Gasteiger partial charge in [-0.25, -0.2) is 4.98 Å². The summed E-state index contributed by atoms with van der Waals surface area (Å²) < 4.78 is 0. The normalized spacial score (nSPS) is 10.9. The lowest BCUT2D eigenvalue weighted by molar-refractivity contribution is 0.0954. The molecule has 9 heteroatoms. The Hall–Kier alpha value is -1.39. The summed E-state index contributed by atoms with van der Waals surface area (Å²) in [5, 5.41) is 12.8. The van der Waals surface area contributed by atoms with Crippen LogP contribution in [0.3, 0.4) is 0 Å². The zero-order chi connectivity index (χ0) is 18.8. The highest BCUT2D eigenvalue weighted by molar-refractivity contribution is 14.0. The lowest BCUT2D eigenvalue weighted by Crippen LogP contribution is -2.41. The largest absolute Gasteiger partial charge is 0.357 e. The fourth-order valence-corrected chi connectivity index (χ4v) is 3.11. The predicted molar refractivity (Wildman–Crippen MR) is 124 cm³/mol. The van der Waals surface area contributed by atoms with E-state index < -0.39 is 0 Å². The number of aromatic nitrogens is 1. The lowest BCUT2D eigenvalue weighted by Gasteiger charge is -2.12. The number of carbonyl (C=O) groups is 1. The summed E-state index contributed by atoms with van der Waals surface area (Å²) in [6.45, 7) is 6.48. The molecule has 3 N–H and O–H groups in total. The minimum absolute atomic E-state index is 0. The van der Waals surface area contributed by atoms with Gasteiger partial charge in [0.1, 0.15) is 0 Å². The monoisotopic (exact) mass is 521 g/mol. The quantitative estimate of drug-likeness (QED) is 0.216. The minimum Gasteiger partial charge on any atom is -0.357 e. The number of hydrogen-bond donors (Lipinski definition) is 3. The van der Waals surface area contributed by atoms with Crippen molar-refractivity contribution in [3.63, 3.8) is 0 Å². The Labute approximate surface area is 186 Å². The second kappa shape index (κ2) is 12.9. The number of hydrogen-bond acceptors (Lipinski definition) is 4. The van der Waals surface area contributed by atoms with E-state index in [1.807, 2.05) is 13.8 Å². The number of thiazole rings is 1. The van der Waals surface area contributed by atoms with Crippen molar-refractivity contribution in [3.8, 4) is 0 Å². The van der Waals surface area contributed by atoms with E-state index in [-0.39, 0.29) is 29.9 Å². The van der Waals surface area contributed by atoms with Crippen LogP contribution in [0.4, 0.5) is 0 Å². The average molecular weight is 522 g/mol. The maximum atomic E-state index is 12.1. The topological polar surface area (TPSA) is 78.4 Å². The van der Waals surface area contributed by atoms with Gasteiger partial charge >= 0.3 is 0 Å². The van der Waals surface area contributed by atoms with Crippen LogP contribution in [0, 0.1) is 6.92 Å². The molecule has 6 nitrogen and oxygen atoms in total. The molecule has 2 rings (SSSR count). The molecule has 148 valence electrons. The Morgan fingerprint density at radius 1 is 1.22 bits per heavy atom. The second-order valence-corrected chi connectivity index (χ2v) is 7.00.